The van der Waals surface area contributed by atoms with E-state index in [9.17, 15) is 4.79 Å². The predicted molar refractivity (Wildman–Crippen MR) is 59.9 cm³/mol. The van der Waals surface area contributed by atoms with Gasteiger partial charge in [0.1, 0.15) is 0 Å². The molecule has 1 amide bonds. The van der Waals surface area contributed by atoms with Crippen molar-refractivity contribution in [3.05, 3.63) is 28.2 Å². The standard InChI is InChI=1S/C10H11Cl2NO/c1-6(2)10(14)13-7-3-4-8(11)9(12)5-7/h3-6H,1-2H3,(H,13,14). The number of carbonyl (C=O) groups is 1. The molecule has 0 aliphatic rings. The van der Waals surface area contributed by atoms with Crippen LogP contribution in [0.15, 0.2) is 18.2 Å². The first-order chi connectivity index (χ1) is 6.50. The second kappa shape index (κ2) is 4.67. The molecule has 0 atom stereocenters. The van der Waals surface area contributed by atoms with Crippen LogP contribution in [0.1, 0.15) is 13.8 Å². The summed E-state index contributed by atoms with van der Waals surface area (Å²) in [6.07, 6.45) is 0. The summed E-state index contributed by atoms with van der Waals surface area (Å²) in [6.45, 7) is 3.65. The maximum atomic E-state index is 11.3. The second-order valence-electron chi connectivity index (χ2n) is 3.27. The number of halogens is 2. The molecule has 0 spiro atoms. The van der Waals surface area contributed by atoms with Crippen molar-refractivity contribution in [2.75, 3.05) is 5.32 Å². The third-order valence-corrected chi connectivity index (χ3v) is 2.45. The molecule has 76 valence electrons. The van der Waals surface area contributed by atoms with Crippen LogP contribution in [0, 0.1) is 5.92 Å². The van der Waals surface area contributed by atoms with Crippen LogP contribution in [-0.4, -0.2) is 5.91 Å². The SMILES string of the molecule is CC(C)C(=O)Nc1ccc(Cl)c(Cl)c1. The van der Waals surface area contributed by atoms with E-state index in [0.29, 0.717) is 15.7 Å². The zero-order chi connectivity index (χ0) is 10.7. The maximum absolute atomic E-state index is 11.3. The van der Waals surface area contributed by atoms with Crippen molar-refractivity contribution in [1.29, 1.82) is 0 Å². The minimum Gasteiger partial charge on any atom is -0.326 e. The highest BCUT2D eigenvalue weighted by molar-refractivity contribution is 6.42. The van der Waals surface area contributed by atoms with E-state index in [-0.39, 0.29) is 11.8 Å². The Bertz CT molecular complexity index is 350. The summed E-state index contributed by atoms with van der Waals surface area (Å²) >= 11 is 11.5. The van der Waals surface area contributed by atoms with Crippen molar-refractivity contribution in [2.45, 2.75) is 13.8 Å². The van der Waals surface area contributed by atoms with Gasteiger partial charge in [0.25, 0.3) is 0 Å². The zero-order valence-electron chi connectivity index (χ0n) is 7.97. The smallest absolute Gasteiger partial charge is 0.226 e. The van der Waals surface area contributed by atoms with E-state index in [0.717, 1.165) is 0 Å². The monoisotopic (exact) mass is 231 g/mol. The van der Waals surface area contributed by atoms with Crippen molar-refractivity contribution in [1.82, 2.24) is 0 Å². The molecule has 0 aliphatic carbocycles. The van der Waals surface area contributed by atoms with Gasteiger partial charge < -0.3 is 5.32 Å². The summed E-state index contributed by atoms with van der Waals surface area (Å²) in [4.78, 5) is 11.3. The van der Waals surface area contributed by atoms with Crippen molar-refractivity contribution >= 4 is 34.8 Å². The number of hydrogen-bond donors (Lipinski definition) is 1. The Labute approximate surface area is 93.2 Å². The van der Waals surface area contributed by atoms with E-state index in [1.54, 1.807) is 18.2 Å². The fraction of sp³-hybridized carbons (Fsp3) is 0.300. The first kappa shape index (κ1) is 11.3. The van der Waals surface area contributed by atoms with Gasteiger partial charge in [-0.15, -0.1) is 0 Å². The molecule has 14 heavy (non-hydrogen) atoms. The quantitative estimate of drug-likeness (QED) is 0.829. The van der Waals surface area contributed by atoms with Gasteiger partial charge in [0.15, 0.2) is 0 Å². The summed E-state index contributed by atoms with van der Waals surface area (Å²) < 4.78 is 0. The van der Waals surface area contributed by atoms with Gasteiger partial charge in [-0.05, 0) is 18.2 Å². The van der Waals surface area contributed by atoms with Gasteiger partial charge in [-0.25, -0.2) is 0 Å². The van der Waals surface area contributed by atoms with Gasteiger partial charge in [-0.3, -0.25) is 4.79 Å². The number of carbonyl (C=O) groups excluding carboxylic acids is 1. The molecule has 2 nitrogen and oxygen atoms in total. The molecule has 0 radical (unpaired) electrons. The van der Waals surface area contributed by atoms with E-state index >= 15 is 0 Å². The molecule has 1 N–H and O–H groups in total. The zero-order valence-corrected chi connectivity index (χ0v) is 9.49. The van der Waals surface area contributed by atoms with Crippen molar-refractivity contribution in [2.24, 2.45) is 5.92 Å². The third-order valence-electron chi connectivity index (χ3n) is 1.71. The van der Waals surface area contributed by atoms with Crippen LogP contribution in [0.25, 0.3) is 0 Å². The molecule has 0 fully saturated rings. The number of anilines is 1. The van der Waals surface area contributed by atoms with E-state index in [1.165, 1.54) is 0 Å². The summed E-state index contributed by atoms with van der Waals surface area (Å²) in [5, 5.41) is 3.65. The molecule has 1 aromatic carbocycles. The highest BCUT2D eigenvalue weighted by Gasteiger charge is 2.07. The van der Waals surface area contributed by atoms with E-state index in [1.807, 2.05) is 13.8 Å². The first-order valence-electron chi connectivity index (χ1n) is 4.26. The van der Waals surface area contributed by atoms with Crippen LogP contribution in [0.3, 0.4) is 0 Å². The van der Waals surface area contributed by atoms with Crippen LogP contribution in [0.4, 0.5) is 5.69 Å². The molecule has 0 aromatic heterocycles. The Morgan fingerprint density at radius 3 is 2.43 bits per heavy atom. The highest BCUT2D eigenvalue weighted by atomic mass is 35.5. The summed E-state index contributed by atoms with van der Waals surface area (Å²) in [5.41, 5.74) is 0.665. The molecular formula is C10H11Cl2NO. The molecule has 1 rings (SSSR count). The average molecular weight is 232 g/mol. The van der Waals surface area contributed by atoms with Gasteiger partial charge in [0.05, 0.1) is 10.0 Å². The lowest BCUT2D eigenvalue weighted by molar-refractivity contribution is -0.118. The molecule has 0 heterocycles. The maximum Gasteiger partial charge on any atom is 0.226 e. The van der Waals surface area contributed by atoms with Gasteiger partial charge in [0, 0.05) is 11.6 Å². The van der Waals surface area contributed by atoms with Crippen LogP contribution < -0.4 is 5.32 Å². The summed E-state index contributed by atoms with van der Waals surface area (Å²) in [5.74, 6) is -0.0900. The molecule has 0 aliphatic heterocycles. The van der Waals surface area contributed by atoms with Crippen molar-refractivity contribution in [3.8, 4) is 0 Å². The largest absolute Gasteiger partial charge is 0.326 e. The van der Waals surface area contributed by atoms with Crippen molar-refractivity contribution in [3.63, 3.8) is 0 Å². The number of rotatable bonds is 2. The van der Waals surface area contributed by atoms with E-state index in [2.05, 4.69) is 5.32 Å². The normalized spacial score (nSPS) is 10.4. The van der Waals surface area contributed by atoms with Gasteiger partial charge in [-0.1, -0.05) is 37.0 Å². The molecule has 0 bridgehead atoms. The fourth-order valence-corrected chi connectivity index (χ4v) is 1.16. The number of nitrogens with one attached hydrogen (secondary N) is 1. The lowest BCUT2D eigenvalue weighted by Crippen LogP contribution is -2.17. The second-order valence-corrected chi connectivity index (χ2v) is 4.09. The Kier molecular flexibility index (Phi) is 3.78. The number of hydrogen-bond acceptors (Lipinski definition) is 1. The summed E-state index contributed by atoms with van der Waals surface area (Å²) in [7, 11) is 0. The summed E-state index contributed by atoms with van der Waals surface area (Å²) in [6, 6.07) is 5.00. The molecule has 0 unspecified atom stereocenters. The minimum atomic E-state index is -0.0514. The molecule has 4 heteroatoms. The fourth-order valence-electron chi connectivity index (χ4n) is 0.860. The van der Waals surface area contributed by atoms with Crippen LogP contribution in [0.2, 0.25) is 10.0 Å². The predicted octanol–water partition coefficient (Wildman–Crippen LogP) is 3.59. The molecule has 0 saturated heterocycles. The topological polar surface area (TPSA) is 29.1 Å². The average Bonchev–Trinajstić information content (AvgIpc) is 2.11. The Morgan fingerprint density at radius 1 is 1.29 bits per heavy atom. The number of amides is 1. The van der Waals surface area contributed by atoms with Crippen LogP contribution in [0.5, 0.6) is 0 Å². The van der Waals surface area contributed by atoms with Gasteiger partial charge in [0.2, 0.25) is 5.91 Å². The molecule has 1 aromatic rings. The Morgan fingerprint density at radius 2 is 1.93 bits per heavy atom. The van der Waals surface area contributed by atoms with Gasteiger partial charge in [-0.2, -0.15) is 0 Å². The highest BCUT2D eigenvalue weighted by Crippen LogP contribution is 2.25. The van der Waals surface area contributed by atoms with Crippen molar-refractivity contribution < 1.29 is 4.79 Å². The van der Waals surface area contributed by atoms with Crippen LogP contribution >= 0.6 is 23.2 Å². The lowest BCUT2D eigenvalue weighted by atomic mass is 10.2. The lowest BCUT2D eigenvalue weighted by Gasteiger charge is -2.08. The van der Waals surface area contributed by atoms with Gasteiger partial charge >= 0.3 is 0 Å². The van der Waals surface area contributed by atoms with Crippen LogP contribution in [-0.2, 0) is 4.79 Å². The first-order valence-corrected chi connectivity index (χ1v) is 5.02. The Hall–Kier alpha value is -0.730. The van der Waals surface area contributed by atoms with E-state index in [4.69, 9.17) is 23.2 Å². The third kappa shape index (κ3) is 2.89. The minimum absolute atomic E-state index is 0.0385. The molecular weight excluding hydrogens is 221 g/mol. The van der Waals surface area contributed by atoms with E-state index < -0.39 is 0 Å². The number of benzene rings is 1. The molecule has 0 saturated carbocycles. The Balaban J connectivity index is 2.78.